The summed E-state index contributed by atoms with van der Waals surface area (Å²) in [6.07, 6.45) is 14.9. The molecule has 2 rings (SSSR count). The van der Waals surface area contributed by atoms with Crippen molar-refractivity contribution in [3.05, 3.63) is 35.9 Å². The Morgan fingerprint density at radius 1 is 0.760 bits per heavy atom. The van der Waals surface area contributed by atoms with Gasteiger partial charge in [0.05, 0.1) is 6.17 Å². The van der Waals surface area contributed by atoms with Crippen molar-refractivity contribution in [3.8, 4) is 0 Å². The number of hydrogen-bond acceptors (Lipinski definition) is 2. The van der Waals surface area contributed by atoms with E-state index in [0.29, 0.717) is 6.17 Å². The Bertz CT molecular complexity index is 431. The highest BCUT2D eigenvalue weighted by Gasteiger charge is 2.27. The first-order chi connectivity index (χ1) is 12.3. The second-order valence-corrected chi connectivity index (χ2v) is 7.81. The number of nitrogens with zero attached hydrogens (tertiary/aromatic N) is 2. The fourth-order valence-electron chi connectivity index (χ4n) is 3.99. The van der Waals surface area contributed by atoms with Crippen molar-refractivity contribution in [2.45, 2.75) is 90.8 Å². The van der Waals surface area contributed by atoms with Gasteiger partial charge in [-0.05, 0) is 25.5 Å². The van der Waals surface area contributed by atoms with Crippen molar-refractivity contribution in [1.29, 1.82) is 0 Å². The van der Waals surface area contributed by atoms with Crippen LogP contribution in [0.15, 0.2) is 30.3 Å². The molecule has 1 saturated heterocycles. The molecule has 0 bridgehead atoms. The van der Waals surface area contributed by atoms with E-state index >= 15 is 0 Å². The Labute approximate surface area is 156 Å². The molecular formula is C23H40N2. The molecule has 1 heterocycles. The maximum Gasteiger partial charge on any atom is 0.0597 e. The lowest BCUT2D eigenvalue weighted by Crippen LogP contribution is -2.36. The molecule has 1 aromatic rings. The van der Waals surface area contributed by atoms with Gasteiger partial charge in [-0.15, -0.1) is 0 Å². The van der Waals surface area contributed by atoms with Crippen LogP contribution in [-0.2, 0) is 6.54 Å². The second kappa shape index (κ2) is 12.5. The van der Waals surface area contributed by atoms with Crippen LogP contribution in [0, 0.1) is 0 Å². The Hall–Kier alpha value is -0.860. The third-order valence-corrected chi connectivity index (χ3v) is 5.76. The Morgan fingerprint density at radius 2 is 1.32 bits per heavy atom. The molecule has 0 spiro atoms. The van der Waals surface area contributed by atoms with Crippen LogP contribution >= 0.6 is 0 Å². The lowest BCUT2D eigenvalue weighted by atomic mass is 10.1. The zero-order valence-electron chi connectivity index (χ0n) is 16.8. The van der Waals surface area contributed by atoms with Crippen LogP contribution in [0.3, 0.4) is 0 Å². The number of benzene rings is 1. The molecule has 2 heteroatoms. The summed E-state index contributed by atoms with van der Waals surface area (Å²) >= 11 is 0. The average Bonchev–Trinajstić information content (AvgIpc) is 2.97. The molecule has 0 radical (unpaired) electrons. The van der Waals surface area contributed by atoms with Crippen molar-refractivity contribution in [2.24, 2.45) is 0 Å². The summed E-state index contributed by atoms with van der Waals surface area (Å²) in [4.78, 5) is 5.29. The molecule has 2 nitrogen and oxygen atoms in total. The normalized spacial score (nSPS) is 18.9. The first-order valence-electron chi connectivity index (χ1n) is 10.8. The van der Waals surface area contributed by atoms with Gasteiger partial charge in [-0.25, -0.2) is 0 Å². The molecule has 1 aliphatic heterocycles. The number of unbranched alkanes of at least 4 members (excludes halogenated alkanes) is 9. The Kier molecular flexibility index (Phi) is 10.2. The maximum absolute atomic E-state index is 2.67. The summed E-state index contributed by atoms with van der Waals surface area (Å²) in [7, 11) is 0. The Balaban J connectivity index is 1.49. The predicted molar refractivity (Wildman–Crippen MR) is 110 cm³/mol. The van der Waals surface area contributed by atoms with E-state index in [0.717, 1.165) is 6.54 Å². The molecule has 25 heavy (non-hydrogen) atoms. The van der Waals surface area contributed by atoms with Crippen molar-refractivity contribution in [1.82, 2.24) is 9.80 Å². The summed E-state index contributed by atoms with van der Waals surface area (Å²) < 4.78 is 0. The lowest BCUT2D eigenvalue weighted by molar-refractivity contribution is 0.145. The largest absolute Gasteiger partial charge is 0.287 e. The first-order valence-corrected chi connectivity index (χ1v) is 10.8. The monoisotopic (exact) mass is 344 g/mol. The zero-order chi connectivity index (χ0) is 17.7. The summed E-state index contributed by atoms with van der Waals surface area (Å²) in [5.41, 5.74) is 1.44. The van der Waals surface area contributed by atoms with Gasteiger partial charge in [0.2, 0.25) is 0 Å². The smallest absolute Gasteiger partial charge is 0.0597 e. The molecule has 142 valence electrons. The molecule has 0 amide bonds. The summed E-state index contributed by atoms with van der Waals surface area (Å²) in [5.74, 6) is 0. The van der Waals surface area contributed by atoms with Crippen LogP contribution in [0.2, 0.25) is 0 Å². The van der Waals surface area contributed by atoms with Crippen LogP contribution in [0.1, 0.15) is 83.6 Å². The van der Waals surface area contributed by atoms with Crippen molar-refractivity contribution in [2.75, 3.05) is 19.6 Å². The zero-order valence-corrected chi connectivity index (χ0v) is 16.8. The molecule has 1 unspecified atom stereocenters. The minimum atomic E-state index is 0.596. The summed E-state index contributed by atoms with van der Waals surface area (Å²) in [6, 6.07) is 10.9. The highest BCUT2D eigenvalue weighted by atomic mass is 15.4. The summed E-state index contributed by atoms with van der Waals surface area (Å²) in [6.45, 7) is 9.51. The minimum Gasteiger partial charge on any atom is -0.287 e. The topological polar surface area (TPSA) is 6.48 Å². The molecule has 0 aliphatic carbocycles. The van der Waals surface area contributed by atoms with Crippen LogP contribution in [-0.4, -0.2) is 35.6 Å². The number of rotatable bonds is 13. The fourth-order valence-corrected chi connectivity index (χ4v) is 3.99. The van der Waals surface area contributed by atoms with Crippen LogP contribution in [0.5, 0.6) is 0 Å². The van der Waals surface area contributed by atoms with E-state index in [2.05, 4.69) is 54.0 Å². The first kappa shape index (κ1) is 20.5. The molecule has 1 fully saturated rings. The van der Waals surface area contributed by atoms with E-state index in [4.69, 9.17) is 0 Å². The SMILES string of the molecule is CCCCCCCCCCCCN1CCN(Cc2ccccc2)C1C. The highest BCUT2D eigenvalue weighted by molar-refractivity contribution is 5.14. The fraction of sp³-hybridized carbons (Fsp3) is 0.739. The van der Waals surface area contributed by atoms with Gasteiger partial charge in [0, 0.05) is 19.6 Å². The number of hydrogen-bond donors (Lipinski definition) is 0. The van der Waals surface area contributed by atoms with Crippen molar-refractivity contribution in [3.63, 3.8) is 0 Å². The summed E-state index contributed by atoms with van der Waals surface area (Å²) in [5, 5.41) is 0. The van der Waals surface area contributed by atoms with Gasteiger partial charge in [0.15, 0.2) is 0 Å². The van der Waals surface area contributed by atoms with Gasteiger partial charge in [0.25, 0.3) is 0 Å². The second-order valence-electron chi connectivity index (χ2n) is 7.81. The molecule has 1 atom stereocenters. The van der Waals surface area contributed by atoms with E-state index in [-0.39, 0.29) is 0 Å². The molecular weight excluding hydrogens is 304 g/mol. The van der Waals surface area contributed by atoms with Gasteiger partial charge < -0.3 is 0 Å². The van der Waals surface area contributed by atoms with Crippen LogP contribution in [0.4, 0.5) is 0 Å². The van der Waals surface area contributed by atoms with E-state index in [1.165, 1.54) is 89.4 Å². The van der Waals surface area contributed by atoms with Gasteiger partial charge in [-0.3, -0.25) is 9.80 Å². The molecule has 0 saturated carbocycles. The predicted octanol–water partition coefficient (Wildman–Crippen LogP) is 6.07. The standard InChI is InChI=1S/C23H40N2/c1-3-4-5-6-7-8-9-10-11-15-18-24-19-20-25(22(24)2)21-23-16-13-12-14-17-23/h12-14,16-17,22H,3-11,15,18-21H2,1-2H3. The van der Waals surface area contributed by atoms with E-state index in [9.17, 15) is 0 Å². The third-order valence-electron chi connectivity index (χ3n) is 5.76. The Morgan fingerprint density at radius 3 is 1.96 bits per heavy atom. The lowest BCUT2D eigenvalue weighted by Gasteiger charge is -2.27. The van der Waals surface area contributed by atoms with Gasteiger partial charge in [0.1, 0.15) is 0 Å². The van der Waals surface area contributed by atoms with E-state index in [1.54, 1.807) is 0 Å². The van der Waals surface area contributed by atoms with Crippen LogP contribution < -0.4 is 0 Å². The maximum atomic E-state index is 2.67. The minimum absolute atomic E-state index is 0.596. The third kappa shape index (κ3) is 7.92. The molecule has 1 aromatic carbocycles. The van der Waals surface area contributed by atoms with E-state index in [1.807, 2.05) is 0 Å². The van der Waals surface area contributed by atoms with Crippen molar-refractivity contribution < 1.29 is 0 Å². The van der Waals surface area contributed by atoms with E-state index < -0.39 is 0 Å². The van der Waals surface area contributed by atoms with Gasteiger partial charge in [-0.1, -0.05) is 95.0 Å². The highest BCUT2D eigenvalue weighted by Crippen LogP contribution is 2.18. The molecule has 1 aliphatic rings. The average molecular weight is 345 g/mol. The van der Waals surface area contributed by atoms with Crippen molar-refractivity contribution >= 4 is 0 Å². The quantitative estimate of drug-likeness (QED) is 0.401. The molecule has 0 aromatic heterocycles. The van der Waals surface area contributed by atoms with Gasteiger partial charge in [-0.2, -0.15) is 0 Å². The van der Waals surface area contributed by atoms with Gasteiger partial charge >= 0.3 is 0 Å². The van der Waals surface area contributed by atoms with Crippen LogP contribution in [0.25, 0.3) is 0 Å². The molecule has 0 N–H and O–H groups in total.